The van der Waals surface area contributed by atoms with Gasteiger partial charge in [0.05, 0.1) is 11.3 Å². The van der Waals surface area contributed by atoms with Crippen molar-refractivity contribution in [2.75, 3.05) is 6.61 Å². The van der Waals surface area contributed by atoms with Crippen LogP contribution < -0.4 is 0 Å². The third kappa shape index (κ3) is 2.05. The van der Waals surface area contributed by atoms with Crippen molar-refractivity contribution in [2.45, 2.75) is 46.1 Å². The molecule has 0 amide bonds. The highest BCUT2D eigenvalue weighted by molar-refractivity contribution is 5.77. The van der Waals surface area contributed by atoms with Crippen LogP contribution in [0.3, 0.4) is 0 Å². The third-order valence-electron chi connectivity index (χ3n) is 5.31. The molecule has 5 unspecified atom stereocenters. The Morgan fingerprint density at radius 1 is 1.42 bits per heavy atom. The zero-order valence-electron chi connectivity index (χ0n) is 11.8. The summed E-state index contributed by atoms with van der Waals surface area (Å²) in [5.74, 6) is 1.47. The van der Waals surface area contributed by atoms with Gasteiger partial charge in [0.2, 0.25) is 0 Å². The molecule has 4 nitrogen and oxygen atoms in total. The number of ether oxygens (including phenoxy) is 2. The molecule has 2 saturated carbocycles. The van der Waals surface area contributed by atoms with E-state index in [-0.39, 0.29) is 30.6 Å². The van der Waals surface area contributed by atoms with E-state index in [9.17, 15) is 9.59 Å². The lowest BCUT2D eigenvalue weighted by atomic mass is 9.89. The molecule has 4 heteroatoms. The fourth-order valence-corrected chi connectivity index (χ4v) is 3.54. The quantitative estimate of drug-likeness (QED) is 0.732. The average molecular weight is 266 g/mol. The van der Waals surface area contributed by atoms with Crippen molar-refractivity contribution >= 4 is 11.9 Å². The van der Waals surface area contributed by atoms with Gasteiger partial charge in [-0.05, 0) is 44.9 Å². The molecular weight excluding hydrogens is 244 g/mol. The highest BCUT2D eigenvalue weighted by atomic mass is 16.6. The zero-order chi connectivity index (χ0) is 13.8. The lowest BCUT2D eigenvalue weighted by Crippen LogP contribution is -2.32. The summed E-state index contributed by atoms with van der Waals surface area (Å²) in [6.45, 7) is 5.97. The topological polar surface area (TPSA) is 52.6 Å². The average Bonchev–Trinajstić information content (AvgIpc) is 2.93. The van der Waals surface area contributed by atoms with Gasteiger partial charge in [-0.2, -0.15) is 0 Å². The number of carbonyl (C=O) groups is 2. The summed E-state index contributed by atoms with van der Waals surface area (Å²) < 4.78 is 10.8. The van der Waals surface area contributed by atoms with Gasteiger partial charge in [0.25, 0.3) is 0 Å². The van der Waals surface area contributed by atoms with Gasteiger partial charge >= 0.3 is 11.9 Å². The van der Waals surface area contributed by atoms with Crippen molar-refractivity contribution in [3.8, 4) is 0 Å². The standard InChI is InChI=1S/C15H22O4/c1-4-15(2,3)14(17)18-7-11-12-9-5-8(9)6-10(12)13(16)19-11/h8-12H,4-7H2,1-3H3. The van der Waals surface area contributed by atoms with Gasteiger partial charge in [-0.3, -0.25) is 9.59 Å². The van der Waals surface area contributed by atoms with E-state index in [4.69, 9.17) is 9.47 Å². The van der Waals surface area contributed by atoms with Crippen LogP contribution in [-0.4, -0.2) is 24.6 Å². The van der Waals surface area contributed by atoms with Crippen LogP contribution in [0.5, 0.6) is 0 Å². The van der Waals surface area contributed by atoms with E-state index in [0.29, 0.717) is 11.8 Å². The first-order chi connectivity index (χ1) is 8.94. The molecule has 3 rings (SSSR count). The number of cyclic esters (lactones) is 1. The minimum Gasteiger partial charge on any atom is -0.461 e. The van der Waals surface area contributed by atoms with Gasteiger partial charge in [-0.1, -0.05) is 6.92 Å². The van der Waals surface area contributed by atoms with Gasteiger partial charge in [0.15, 0.2) is 0 Å². The lowest BCUT2D eigenvalue weighted by molar-refractivity contribution is -0.161. The van der Waals surface area contributed by atoms with E-state index >= 15 is 0 Å². The molecule has 0 bridgehead atoms. The fraction of sp³-hybridized carbons (Fsp3) is 0.867. The van der Waals surface area contributed by atoms with E-state index in [0.717, 1.165) is 18.8 Å². The first kappa shape index (κ1) is 12.9. The molecule has 106 valence electrons. The van der Waals surface area contributed by atoms with Crippen LogP contribution in [0.25, 0.3) is 0 Å². The van der Waals surface area contributed by atoms with E-state index in [1.807, 2.05) is 20.8 Å². The molecule has 0 aromatic rings. The summed E-state index contributed by atoms with van der Waals surface area (Å²) >= 11 is 0. The molecule has 0 aromatic heterocycles. The number of fused-ring (bicyclic) bond motifs is 3. The van der Waals surface area contributed by atoms with E-state index in [2.05, 4.69) is 0 Å². The molecule has 1 heterocycles. The minimum absolute atomic E-state index is 0.0756. The minimum atomic E-state index is -0.459. The summed E-state index contributed by atoms with van der Waals surface area (Å²) in [5.41, 5.74) is -0.459. The molecular formula is C15H22O4. The molecule has 3 aliphatic rings. The zero-order valence-corrected chi connectivity index (χ0v) is 11.8. The maximum absolute atomic E-state index is 12.0. The highest BCUT2D eigenvalue weighted by Gasteiger charge is 2.62. The van der Waals surface area contributed by atoms with Crippen LogP contribution in [0, 0.1) is 29.1 Å². The number of rotatable bonds is 4. The van der Waals surface area contributed by atoms with Crippen LogP contribution in [0.1, 0.15) is 40.0 Å². The predicted molar refractivity (Wildman–Crippen MR) is 68.1 cm³/mol. The van der Waals surface area contributed by atoms with E-state index < -0.39 is 5.41 Å². The van der Waals surface area contributed by atoms with Crippen LogP contribution in [0.15, 0.2) is 0 Å². The second-order valence-corrected chi connectivity index (χ2v) is 6.89. The molecule has 3 fully saturated rings. The Hall–Kier alpha value is -1.06. The lowest BCUT2D eigenvalue weighted by Gasteiger charge is -2.23. The van der Waals surface area contributed by atoms with E-state index in [1.165, 1.54) is 6.42 Å². The maximum Gasteiger partial charge on any atom is 0.311 e. The van der Waals surface area contributed by atoms with Crippen LogP contribution in [0.2, 0.25) is 0 Å². The fourth-order valence-electron chi connectivity index (χ4n) is 3.54. The highest BCUT2D eigenvalue weighted by Crippen LogP contribution is 2.61. The van der Waals surface area contributed by atoms with Crippen molar-refractivity contribution in [3.63, 3.8) is 0 Å². The Morgan fingerprint density at radius 3 is 2.84 bits per heavy atom. The molecule has 0 spiro atoms. The van der Waals surface area contributed by atoms with Gasteiger partial charge in [-0.25, -0.2) is 0 Å². The summed E-state index contributed by atoms with van der Waals surface area (Å²) in [6.07, 6.45) is 2.75. The summed E-state index contributed by atoms with van der Waals surface area (Å²) in [5, 5.41) is 0. The predicted octanol–water partition coefficient (Wildman–Crippen LogP) is 2.16. The molecule has 1 saturated heterocycles. The Balaban J connectivity index is 1.59. The van der Waals surface area contributed by atoms with Crippen molar-refractivity contribution in [1.82, 2.24) is 0 Å². The van der Waals surface area contributed by atoms with Gasteiger partial charge in [-0.15, -0.1) is 0 Å². The monoisotopic (exact) mass is 266 g/mol. The Bertz CT molecular complexity index is 414. The number of hydrogen-bond acceptors (Lipinski definition) is 4. The second-order valence-electron chi connectivity index (χ2n) is 6.89. The van der Waals surface area contributed by atoms with Crippen LogP contribution in [0.4, 0.5) is 0 Å². The van der Waals surface area contributed by atoms with Gasteiger partial charge in [0.1, 0.15) is 12.7 Å². The largest absolute Gasteiger partial charge is 0.461 e. The van der Waals surface area contributed by atoms with Crippen molar-refractivity contribution in [3.05, 3.63) is 0 Å². The second kappa shape index (κ2) is 4.22. The van der Waals surface area contributed by atoms with Gasteiger partial charge in [0, 0.05) is 5.92 Å². The normalized spacial score (nSPS) is 39.5. The Morgan fingerprint density at radius 2 is 2.16 bits per heavy atom. The molecule has 0 aromatic carbocycles. The van der Waals surface area contributed by atoms with Crippen LogP contribution >= 0.6 is 0 Å². The third-order valence-corrected chi connectivity index (χ3v) is 5.31. The van der Waals surface area contributed by atoms with E-state index in [1.54, 1.807) is 0 Å². The van der Waals surface area contributed by atoms with Crippen LogP contribution in [-0.2, 0) is 19.1 Å². The molecule has 19 heavy (non-hydrogen) atoms. The van der Waals surface area contributed by atoms with Crippen molar-refractivity contribution < 1.29 is 19.1 Å². The smallest absolute Gasteiger partial charge is 0.311 e. The first-order valence-electron chi connectivity index (χ1n) is 7.31. The van der Waals surface area contributed by atoms with Gasteiger partial charge < -0.3 is 9.47 Å². The molecule has 0 N–H and O–H groups in total. The summed E-state index contributed by atoms with van der Waals surface area (Å²) in [4.78, 5) is 23.7. The first-order valence-corrected chi connectivity index (χ1v) is 7.31. The molecule has 2 aliphatic carbocycles. The number of carbonyl (C=O) groups excluding carboxylic acids is 2. The summed E-state index contributed by atoms with van der Waals surface area (Å²) in [6, 6.07) is 0. The number of esters is 2. The number of hydrogen-bond donors (Lipinski definition) is 0. The Labute approximate surface area is 113 Å². The SMILES string of the molecule is CCC(C)(C)C(=O)OCC1OC(=O)C2CC3CC3C12. The Kier molecular flexibility index (Phi) is 2.88. The molecule has 5 atom stereocenters. The van der Waals surface area contributed by atoms with Crippen molar-refractivity contribution in [2.24, 2.45) is 29.1 Å². The molecule has 1 aliphatic heterocycles. The summed E-state index contributed by atoms with van der Waals surface area (Å²) in [7, 11) is 0. The molecule has 0 radical (unpaired) electrons. The maximum atomic E-state index is 12.0. The van der Waals surface area contributed by atoms with Crippen molar-refractivity contribution in [1.29, 1.82) is 0 Å².